The molecule has 144 valence electrons. The zero-order valence-electron chi connectivity index (χ0n) is 14.8. The summed E-state index contributed by atoms with van der Waals surface area (Å²) in [6.07, 6.45) is 0. The molecule has 3 heterocycles. The van der Waals surface area contributed by atoms with Crippen LogP contribution in [0.3, 0.4) is 0 Å². The third-order valence-electron chi connectivity index (χ3n) is 4.74. The Hall–Kier alpha value is -3.95. The Labute approximate surface area is 163 Å². The molecular formula is C19H13FN6O3. The van der Waals surface area contributed by atoms with Crippen molar-refractivity contribution >= 4 is 17.5 Å². The van der Waals surface area contributed by atoms with Gasteiger partial charge in [-0.2, -0.15) is 10.1 Å². The molecule has 10 heteroatoms. The monoisotopic (exact) mass is 392 g/mol. The number of nitrogens with zero attached hydrogens (tertiary/aromatic N) is 6. The van der Waals surface area contributed by atoms with Crippen LogP contribution in [0.2, 0.25) is 0 Å². The van der Waals surface area contributed by atoms with Crippen molar-refractivity contribution < 1.29 is 18.5 Å². The molecule has 0 N–H and O–H groups in total. The van der Waals surface area contributed by atoms with Gasteiger partial charge in [-0.3, -0.25) is 14.6 Å². The SMILES string of the molecule is O=C1[C@@H]2N=NN(Cc3nc(-c4ccccc4)no3)[C@H]2C(=O)N1c1ccc(F)cc1. The second-order valence-electron chi connectivity index (χ2n) is 6.56. The van der Waals surface area contributed by atoms with E-state index in [0.29, 0.717) is 5.82 Å². The largest absolute Gasteiger partial charge is 0.337 e. The van der Waals surface area contributed by atoms with Crippen molar-refractivity contribution in [3.8, 4) is 11.4 Å². The smallest absolute Gasteiger partial charge is 0.263 e. The van der Waals surface area contributed by atoms with Gasteiger partial charge < -0.3 is 4.52 Å². The summed E-state index contributed by atoms with van der Waals surface area (Å²) in [6, 6.07) is 12.6. The second-order valence-corrected chi connectivity index (χ2v) is 6.56. The van der Waals surface area contributed by atoms with E-state index >= 15 is 0 Å². The highest BCUT2D eigenvalue weighted by molar-refractivity contribution is 6.25. The lowest BCUT2D eigenvalue weighted by atomic mass is 10.1. The van der Waals surface area contributed by atoms with Gasteiger partial charge in [-0.15, -0.1) is 0 Å². The Morgan fingerprint density at radius 3 is 2.52 bits per heavy atom. The molecule has 1 saturated heterocycles. The molecule has 2 aliphatic rings. The summed E-state index contributed by atoms with van der Waals surface area (Å²) in [5.41, 5.74) is 1.08. The van der Waals surface area contributed by atoms with Crippen LogP contribution < -0.4 is 4.90 Å². The van der Waals surface area contributed by atoms with Gasteiger partial charge in [-0.05, 0) is 24.3 Å². The molecule has 0 saturated carbocycles. The number of carbonyl (C=O) groups is 2. The summed E-state index contributed by atoms with van der Waals surface area (Å²) in [5.74, 6) is -0.799. The summed E-state index contributed by atoms with van der Waals surface area (Å²) in [6.45, 7) is 0.0285. The number of imide groups is 1. The Morgan fingerprint density at radius 1 is 1.00 bits per heavy atom. The van der Waals surface area contributed by atoms with Crippen molar-refractivity contribution in [2.75, 3.05) is 4.90 Å². The molecule has 0 radical (unpaired) electrons. The molecule has 1 aromatic heterocycles. The molecule has 0 aliphatic carbocycles. The summed E-state index contributed by atoms with van der Waals surface area (Å²) in [5, 5.41) is 13.2. The van der Waals surface area contributed by atoms with Crippen molar-refractivity contribution in [2.45, 2.75) is 18.6 Å². The number of aromatic nitrogens is 2. The zero-order chi connectivity index (χ0) is 20.0. The topological polar surface area (TPSA) is 104 Å². The lowest BCUT2D eigenvalue weighted by Gasteiger charge is -2.19. The minimum absolute atomic E-state index is 0.0285. The molecule has 3 aromatic rings. The number of benzene rings is 2. The van der Waals surface area contributed by atoms with E-state index in [9.17, 15) is 14.0 Å². The maximum atomic E-state index is 13.2. The molecule has 0 unspecified atom stereocenters. The van der Waals surface area contributed by atoms with Crippen LogP contribution in [0.1, 0.15) is 5.89 Å². The maximum Gasteiger partial charge on any atom is 0.263 e. The van der Waals surface area contributed by atoms with Gasteiger partial charge in [-0.25, -0.2) is 9.29 Å². The van der Waals surface area contributed by atoms with E-state index in [1.165, 1.54) is 29.3 Å². The van der Waals surface area contributed by atoms with Gasteiger partial charge in [0.05, 0.1) is 5.69 Å². The first-order chi connectivity index (χ1) is 14.1. The number of rotatable bonds is 4. The number of amides is 2. The third kappa shape index (κ3) is 2.85. The highest BCUT2D eigenvalue weighted by Gasteiger charge is 2.55. The van der Waals surface area contributed by atoms with Gasteiger partial charge in [0, 0.05) is 5.56 Å². The third-order valence-corrected chi connectivity index (χ3v) is 4.74. The molecule has 9 nitrogen and oxygen atoms in total. The van der Waals surface area contributed by atoms with E-state index in [-0.39, 0.29) is 18.1 Å². The first kappa shape index (κ1) is 17.2. The summed E-state index contributed by atoms with van der Waals surface area (Å²) in [4.78, 5) is 30.9. The second kappa shape index (κ2) is 6.59. The summed E-state index contributed by atoms with van der Waals surface area (Å²) in [7, 11) is 0. The van der Waals surface area contributed by atoms with Gasteiger partial charge in [0.15, 0.2) is 12.1 Å². The zero-order valence-corrected chi connectivity index (χ0v) is 14.8. The molecule has 2 atom stereocenters. The molecule has 0 bridgehead atoms. The summed E-state index contributed by atoms with van der Waals surface area (Å²) >= 11 is 0. The average Bonchev–Trinajstić information content (AvgIpc) is 3.43. The Balaban J connectivity index is 1.37. The predicted molar refractivity (Wildman–Crippen MR) is 96.6 cm³/mol. The standard InChI is InChI=1S/C19H13FN6O3/c20-12-6-8-13(9-7-12)26-18(27)15-16(19(26)28)25(24-22-15)10-14-21-17(23-29-14)11-4-2-1-3-5-11/h1-9,15-16H,10H2/t15-,16-/m1/s1. The lowest BCUT2D eigenvalue weighted by Crippen LogP contribution is -2.39. The molecule has 5 rings (SSSR count). The highest BCUT2D eigenvalue weighted by atomic mass is 19.1. The molecular weight excluding hydrogens is 379 g/mol. The maximum absolute atomic E-state index is 13.2. The fourth-order valence-electron chi connectivity index (χ4n) is 3.36. The number of fused-ring (bicyclic) bond motifs is 1. The Morgan fingerprint density at radius 2 is 1.76 bits per heavy atom. The van der Waals surface area contributed by atoms with Crippen LogP contribution >= 0.6 is 0 Å². The Kier molecular flexibility index (Phi) is 3.90. The Bertz CT molecular complexity index is 1110. The van der Waals surface area contributed by atoms with Crippen LogP contribution in [-0.2, 0) is 16.1 Å². The predicted octanol–water partition coefficient (Wildman–Crippen LogP) is 2.37. The number of hydrogen-bond donors (Lipinski definition) is 0. The van der Waals surface area contributed by atoms with Gasteiger partial charge in [0.2, 0.25) is 11.7 Å². The normalized spacial score (nSPS) is 20.6. The fourth-order valence-corrected chi connectivity index (χ4v) is 3.36. The molecule has 29 heavy (non-hydrogen) atoms. The van der Waals surface area contributed by atoms with E-state index in [2.05, 4.69) is 20.5 Å². The van der Waals surface area contributed by atoms with Crippen LogP contribution in [-0.4, -0.2) is 39.0 Å². The van der Waals surface area contributed by atoms with Crippen molar-refractivity contribution in [2.24, 2.45) is 10.3 Å². The molecule has 2 aliphatic heterocycles. The van der Waals surface area contributed by atoms with Gasteiger partial charge in [-0.1, -0.05) is 40.7 Å². The van der Waals surface area contributed by atoms with Gasteiger partial charge in [0.1, 0.15) is 12.4 Å². The molecule has 1 fully saturated rings. The summed E-state index contributed by atoms with van der Waals surface area (Å²) < 4.78 is 18.4. The number of hydrogen-bond acceptors (Lipinski definition) is 8. The van der Waals surface area contributed by atoms with E-state index < -0.39 is 29.7 Å². The van der Waals surface area contributed by atoms with E-state index in [0.717, 1.165) is 10.5 Å². The number of anilines is 1. The first-order valence-corrected chi connectivity index (χ1v) is 8.80. The van der Waals surface area contributed by atoms with E-state index in [1.807, 2.05) is 30.3 Å². The van der Waals surface area contributed by atoms with Crippen LogP contribution in [0.4, 0.5) is 10.1 Å². The van der Waals surface area contributed by atoms with E-state index in [4.69, 9.17) is 4.52 Å². The van der Waals surface area contributed by atoms with Crippen molar-refractivity contribution in [1.29, 1.82) is 0 Å². The minimum Gasteiger partial charge on any atom is -0.337 e. The van der Waals surface area contributed by atoms with Crippen LogP contribution in [0.25, 0.3) is 11.4 Å². The quantitative estimate of drug-likeness (QED) is 0.632. The van der Waals surface area contributed by atoms with Gasteiger partial charge >= 0.3 is 0 Å². The number of halogens is 1. The minimum atomic E-state index is -0.955. The van der Waals surface area contributed by atoms with Crippen molar-refractivity contribution in [1.82, 2.24) is 15.1 Å². The highest BCUT2D eigenvalue weighted by Crippen LogP contribution is 2.32. The molecule has 2 aromatic carbocycles. The van der Waals surface area contributed by atoms with Crippen LogP contribution in [0.5, 0.6) is 0 Å². The lowest BCUT2D eigenvalue weighted by molar-refractivity contribution is -0.123. The fraction of sp³-hybridized carbons (Fsp3) is 0.158. The van der Waals surface area contributed by atoms with E-state index in [1.54, 1.807) is 0 Å². The number of carbonyl (C=O) groups excluding carboxylic acids is 2. The van der Waals surface area contributed by atoms with Crippen LogP contribution in [0.15, 0.2) is 69.5 Å². The molecule has 2 amide bonds. The average molecular weight is 392 g/mol. The molecule has 0 spiro atoms. The first-order valence-electron chi connectivity index (χ1n) is 8.80. The van der Waals surface area contributed by atoms with Crippen molar-refractivity contribution in [3.05, 3.63) is 66.3 Å². The van der Waals surface area contributed by atoms with Crippen molar-refractivity contribution in [3.63, 3.8) is 0 Å². The van der Waals surface area contributed by atoms with Gasteiger partial charge in [0.25, 0.3) is 11.8 Å². The van der Waals surface area contributed by atoms with Crippen LogP contribution in [0, 0.1) is 5.82 Å².